The fraction of sp³-hybridized carbons (Fsp3) is 1.00. The number of likely N-dealkylation sites (tertiary alicyclic amines) is 1. The molecule has 0 aromatic carbocycles. The highest BCUT2D eigenvalue weighted by Gasteiger charge is 2.19. The molecule has 0 aromatic rings. The van der Waals surface area contributed by atoms with Gasteiger partial charge in [0.1, 0.15) is 0 Å². The quantitative estimate of drug-likeness (QED) is 0.530. The zero-order valence-corrected chi connectivity index (χ0v) is 18.1. The Morgan fingerprint density at radius 2 is 1.33 bits per heavy atom. The number of nitrogens with one attached hydrogen (secondary N) is 2. The van der Waals surface area contributed by atoms with E-state index < -0.39 is 0 Å². The standard InChI is InChI=1S/C15H31N3.C7H16N2/c1-2-13-18(16-14-9-5-3-6-10-14)17-15-11-7-4-8-12-15;8-4-3-7-9-5-1-2-6-9/h14-17H,2-13H2,1H3;1-8H2. The Morgan fingerprint density at radius 3 is 1.78 bits per heavy atom. The van der Waals surface area contributed by atoms with Crippen LogP contribution in [-0.4, -0.2) is 54.8 Å². The van der Waals surface area contributed by atoms with Gasteiger partial charge in [-0.2, -0.15) is 5.12 Å². The van der Waals surface area contributed by atoms with E-state index in [0.29, 0.717) is 12.1 Å². The summed E-state index contributed by atoms with van der Waals surface area (Å²) in [5.74, 6) is 0. The van der Waals surface area contributed by atoms with Crippen molar-refractivity contribution in [3.05, 3.63) is 0 Å². The SMILES string of the molecule is CCCN(NC1CCCCC1)NC1CCCCC1.NCCCN1CCCC1. The molecule has 1 saturated heterocycles. The molecule has 160 valence electrons. The fourth-order valence-corrected chi connectivity index (χ4v) is 4.62. The van der Waals surface area contributed by atoms with Gasteiger partial charge in [0.2, 0.25) is 0 Å². The molecule has 0 spiro atoms. The first kappa shape index (κ1) is 23.1. The van der Waals surface area contributed by atoms with Crippen molar-refractivity contribution in [1.82, 2.24) is 20.9 Å². The van der Waals surface area contributed by atoms with Gasteiger partial charge in [-0.15, -0.1) is 0 Å². The Kier molecular flexibility index (Phi) is 12.6. The van der Waals surface area contributed by atoms with Gasteiger partial charge in [-0.3, -0.25) is 0 Å². The maximum Gasteiger partial charge on any atom is 0.0285 e. The Labute approximate surface area is 168 Å². The molecule has 5 nitrogen and oxygen atoms in total. The number of hydrogen-bond acceptors (Lipinski definition) is 5. The molecular weight excluding hydrogens is 334 g/mol. The van der Waals surface area contributed by atoms with Gasteiger partial charge < -0.3 is 10.6 Å². The predicted octanol–water partition coefficient (Wildman–Crippen LogP) is 3.80. The van der Waals surface area contributed by atoms with Crippen LogP contribution in [0.25, 0.3) is 0 Å². The van der Waals surface area contributed by atoms with Gasteiger partial charge in [-0.1, -0.05) is 45.4 Å². The van der Waals surface area contributed by atoms with Crippen LogP contribution in [0.3, 0.4) is 0 Å². The van der Waals surface area contributed by atoms with Crippen LogP contribution in [0.4, 0.5) is 0 Å². The van der Waals surface area contributed by atoms with Crippen molar-refractivity contribution in [1.29, 1.82) is 0 Å². The zero-order valence-electron chi connectivity index (χ0n) is 18.1. The average Bonchev–Trinajstić information content (AvgIpc) is 3.22. The maximum atomic E-state index is 5.38. The first-order valence-electron chi connectivity index (χ1n) is 12.0. The van der Waals surface area contributed by atoms with Gasteiger partial charge in [0.25, 0.3) is 0 Å². The highest BCUT2D eigenvalue weighted by Crippen LogP contribution is 2.19. The minimum atomic E-state index is 0.710. The smallest absolute Gasteiger partial charge is 0.0285 e. The summed E-state index contributed by atoms with van der Waals surface area (Å²) in [5.41, 5.74) is 12.8. The largest absolute Gasteiger partial charge is 0.330 e. The summed E-state index contributed by atoms with van der Waals surface area (Å²) in [6.45, 7) is 8.05. The summed E-state index contributed by atoms with van der Waals surface area (Å²) in [6.07, 6.45) is 19.1. The molecule has 2 aliphatic carbocycles. The summed E-state index contributed by atoms with van der Waals surface area (Å²) in [6, 6.07) is 1.42. The number of nitrogens with two attached hydrogens (primary N) is 1. The highest BCUT2D eigenvalue weighted by atomic mass is 15.7. The zero-order chi connectivity index (χ0) is 19.2. The van der Waals surface area contributed by atoms with Crippen LogP contribution in [-0.2, 0) is 0 Å². The first-order chi connectivity index (χ1) is 13.3. The van der Waals surface area contributed by atoms with Crippen molar-refractivity contribution in [2.75, 3.05) is 32.7 Å². The van der Waals surface area contributed by atoms with E-state index in [4.69, 9.17) is 5.73 Å². The molecule has 3 fully saturated rings. The lowest BCUT2D eigenvalue weighted by Crippen LogP contribution is -2.56. The number of hydrazine groups is 2. The van der Waals surface area contributed by atoms with Crippen LogP contribution >= 0.6 is 0 Å². The third-order valence-electron chi connectivity index (χ3n) is 6.21. The molecule has 3 aliphatic rings. The molecule has 1 aliphatic heterocycles. The van der Waals surface area contributed by atoms with Crippen LogP contribution in [0.15, 0.2) is 0 Å². The number of nitrogens with zero attached hydrogens (tertiary/aromatic N) is 2. The normalized spacial score (nSPS) is 22.8. The van der Waals surface area contributed by atoms with E-state index in [1.165, 1.54) is 110 Å². The van der Waals surface area contributed by atoms with Crippen LogP contribution in [0.2, 0.25) is 0 Å². The summed E-state index contributed by atoms with van der Waals surface area (Å²) >= 11 is 0. The minimum absolute atomic E-state index is 0.710. The van der Waals surface area contributed by atoms with Gasteiger partial charge in [0.15, 0.2) is 0 Å². The van der Waals surface area contributed by atoms with Crippen LogP contribution < -0.4 is 16.6 Å². The van der Waals surface area contributed by atoms with Gasteiger partial charge in [-0.25, -0.2) is 10.9 Å². The van der Waals surface area contributed by atoms with E-state index in [1.807, 2.05) is 0 Å². The minimum Gasteiger partial charge on any atom is -0.330 e. The Balaban J connectivity index is 0.000000244. The predicted molar refractivity (Wildman–Crippen MR) is 116 cm³/mol. The third-order valence-corrected chi connectivity index (χ3v) is 6.21. The van der Waals surface area contributed by atoms with Crippen molar-refractivity contribution < 1.29 is 0 Å². The average molecular weight is 382 g/mol. The third kappa shape index (κ3) is 10.2. The second-order valence-electron chi connectivity index (χ2n) is 8.77. The molecular formula is C22H47N5. The molecule has 3 rings (SSSR count). The lowest BCUT2D eigenvalue weighted by Gasteiger charge is -2.35. The van der Waals surface area contributed by atoms with E-state index in [1.54, 1.807) is 0 Å². The Bertz CT molecular complexity index is 314. The fourth-order valence-electron chi connectivity index (χ4n) is 4.62. The molecule has 0 aromatic heterocycles. The highest BCUT2D eigenvalue weighted by molar-refractivity contribution is 4.73. The Hall–Kier alpha value is -0.200. The number of rotatable bonds is 9. The molecule has 0 bridgehead atoms. The van der Waals surface area contributed by atoms with Crippen molar-refractivity contribution in [3.8, 4) is 0 Å². The molecule has 5 heteroatoms. The van der Waals surface area contributed by atoms with Gasteiger partial charge in [-0.05, 0) is 77.5 Å². The van der Waals surface area contributed by atoms with Crippen LogP contribution in [0.5, 0.6) is 0 Å². The van der Waals surface area contributed by atoms with E-state index in [0.717, 1.165) is 13.1 Å². The molecule has 0 atom stereocenters. The second kappa shape index (κ2) is 14.7. The molecule has 0 amide bonds. The monoisotopic (exact) mass is 381 g/mol. The van der Waals surface area contributed by atoms with Crippen molar-refractivity contribution in [3.63, 3.8) is 0 Å². The summed E-state index contributed by atoms with van der Waals surface area (Å²) < 4.78 is 0. The van der Waals surface area contributed by atoms with E-state index in [2.05, 4.69) is 27.8 Å². The second-order valence-corrected chi connectivity index (χ2v) is 8.77. The van der Waals surface area contributed by atoms with Crippen LogP contribution in [0, 0.1) is 0 Å². The van der Waals surface area contributed by atoms with Gasteiger partial charge >= 0.3 is 0 Å². The molecule has 1 heterocycles. The van der Waals surface area contributed by atoms with Gasteiger partial charge in [0.05, 0.1) is 0 Å². The van der Waals surface area contributed by atoms with E-state index in [9.17, 15) is 0 Å². The number of hydrogen-bond donors (Lipinski definition) is 3. The topological polar surface area (TPSA) is 56.6 Å². The summed E-state index contributed by atoms with van der Waals surface area (Å²) in [5, 5.41) is 2.31. The van der Waals surface area contributed by atoms with E-state index >= 15 is 0 Å². The molecule has 2 saturated carbocycles. The van der Waals surface area contributed by atoms with Crippen LogP contribution in [0.1, 0.15) is 96.8 Å². The van der Waals surface area contributed by atoms with E-state index in [-0.39, 0.29) is 0 Å². The molecule has 4 N–H and O–H groups in total. The lowest BCUT2D eigenvalue weighted by atomic mass is 9.96. The summed E-state index contributed by atoms with van der Waals surface area (Å²) in [7, 11) is 0. The molecule has 0 unspecified atom stereocenters. The van der Waals surface area contributed by atoms with Crippen molar-refractivity contribution >= 4 is 0 Å². The maximum absolute atomic E-state index is 5.38. The van der Waals surface area contributed by atoms with Crippen molar-refractivity contribution in [2.24, 2.45) is 5.73 Å². The summed E-state index contributed by atoms with van der Waals surface area (Å²) in [4.78, 5) is 2.49. The lowest BCUT2D eigenvalue weighted by molar-refractivity contribution is 0.0514. The molecule has 0 radical (unpaired) electrons. The van der Waals surface area contributed by atoms with Crippen molar-refractivity contribution in [2.45, 2.75) is 109 Å². The first-order valence-corrected chi connectivity index (χ1v) is 12.0. The molecule has 27 heavy (non-hydrogen) atoms. The Morgan fingerprint density at radius 1 is 0.815 bits per heavy atom. The van der Waals surface area contributed by atoms with Gasteiger partial charge in [0, 0.05) is 18.6 Å².